The van der Waals surface area contributed by atoms with Crippen LogP contribution in [0.5, 0.6) is 0 Å². The highest BCUT2D eigenvalue weighted by atomic mass is 32.2. The molecule has 0 aliphatic carbocycles. The van der Waals surface area contributed by atoms with Crippen molar-refractivity contribution in [2.75, 3.05) is 32.9 Å². The van der Waals surface area contributed by atoms with Crippen LogP contribution < -0.4 is 10.0 Å². The van der Waals surface area contributed by atoms with Crippen molar-refractivity contribution >= 4 is 27.7 Å². The van der Waals surface area contributed by atoms with Crippen LogP contribution in [0.3, 0.4) is 0 Å². The summed E-state index contributed by atoms with van der Waals surface area (Å²) in [6.07, 6.45) is 1.17. The first-order valence-electron chi connectivity index (χ1n) is 8.09. The Kier molecular flexibility index (Phi) is 6.94. The molecule has 1 unspecified atom stereocenters. The van der Waals surface area contributed by atoms with Crippen LogP contribution in [-0.2, 0) is 16.6 Å². The molecule has 1 aliphatic rings. The summed E-state index contributed by atoms with van der Waals surface area (Å²) in [5.74, 6) is 2.02. The predicted octanol–water partition coefficient (Wildman–Crippen LogP) is 1.50. The van der Waals surface area contributed by atoms with Crippen molar-refractivity contribution in [3.8, 4) is 0 Å². The van der Waals surface area contributed by atoms with Gasteiger partial charge in [-0.1, -0.05) is 19.1 Å². The molecule has 1 aromatic carbocycles. The van der Waals surface area contributed by atoms with Crippen molar-refractivity contribution in [2.24, 2.45) is 4.99 Å². The molecule has 0 radical (unpaired) electrons. The summed E-state index contributed by atoms with van der Waals surface area (Å²) in [7, 11) is -0.171. The van der Waals surface area contributed by atoms with Crippen molar-refractivity contribution in [2.45, 2.75) is 30.0 Å². The largest absolute Gasteiger partial charge is 0.352 e. The van der Waals surface area contributed by atoms with E-state index in [1.165, 1.54) is 13.5 Å². The van der Waals surface area contributed by atoms with Gasteiger partial charge >= 0.3 is 0 Å². The summed E-state index contributed by atoms with van der Waals surface area (Å²) in [6, 6.07) is 6.89. The molecule has 1 aliphatic heterocycles. The third kappa shape index (κ3) is 4.87. The van der Waals surface area contributed by atoms with Crippen LogP contribution in [0.15, 0.2) is 34.2 Å². The number of thioether (sulfide) groups is 1. The second kappa shape index (κ2) is 8.73. The number of sulfonamides is 1. The van der Waals surface area contributed by atoms with Gasteiger partial charge in [0.25, 0.3) is 0 Å². The molecule has 2 N–H and O–H groups in total. The Morgan fingerprint density at radius 3 is 2.67 bits per heavy atom. The molecule has 0 spiro atoms. The molecule has 2 rings (SSSR count). The fourth-order valence-corrected chi connectivity index (χ4v) is 4.49. The molecule has 0 bridgehead atoms. The van der Waals surface area contributed by atoms with E-state index in [0.29, 0.717) is 11.8 Å². The fourth-order valence-electron chi connectivity index (χ4n) is 2.58. The van der Waals surface area contributed by atoms with Gasteiger partial charge in [-0.15, -0.1) is 0 Å². The van der Waals surface area contributed by atoms with Crippen LogP contribution in [0.25, 0.3) is 0 Å². The van der Waals surface area contributed by atoms with E-state index in [1.54, 1.807) is 19.2 Å². The van der Waals surface area contributed by atoms with Gasteiger partial charge < -0.3 is 10.2 Å². The number of benzene rings is 1. The van der Waals surface area contributed by atoms with Crippen molar-refractivity contribution < 1.29 is 8.42 Å². The fraction of sp³-hybridized carbons (Fsp3) is 0.562. The molecular weight excluding hydrogens is 344 g/mol. The Morgan fingerprint density at radius 1 is 1.38 bits per heavy atom. The number of guanidine groups is 1. The Hall–Kier alpha value is -1.25. The summed E-state index contributed by atoms with van der Waals surface area (Å²) >= 11 is 2.03. The topological polar surface area (TPSA) is 73.8 Å². The molecule has 24 heavy (non-hydrogen) atoms. The first kappa shape index (κ1) is 19.1. The minimum Gasteiger partial charge on any atom is -0.352 e. The van der Waals surface area contributed by atoms with Crippen LogP contribution >= 0.6 is 11.8 Å². The Morgan fingerprint density at radius 2 is 2.08 bits per heavy atom. The van der Waals surface area contributed by atoms with E-state index in [0.717, 1.165) is 30.4 Å². The second-order valence-electron chi connectivity index (χ2n) is 5.60. The van der Waals surface area contributed by atoms with Crippen molar-refractivity contribution in [1.82, 2.24) is 14.9 Å². The molecule has 1 saturated heterocycles. The average molecular weight is 371 g/mol. The number of rotatable bonds is 5. The van der Waals surface area contributed by atoms with Gasteiger partial charge in [0.15, 0.2) is 5.96 Å². The maximum absolute atomic E-state index is 11.7. The van der Waals surface area contributed by atoms with E-state index in [1.807, 2.05) is 23.9 Å². The molecule has 1 fully saturated rings. The first-order chi connectivity index (χ1) is 11.5. The summed E-state index contributed by atoms with van der Waals surface area (Å²) in [4.78, 5) is 6.95. The number of hydrogen-bond acceptors (Lipinski definition) is 4. The third-order valence-corrected chi connectivity index (χ3v) is 6.86. The molecule has 0 aromatic heterocycles. The zero-order chi connectivity index (χ0) is 17.6. The van der Waals surface area contributed by atoms with Gasteiger partial charge in [0.1, 0.15) is 0 Å². The van der Waals surface area contributed by atoms with Gasteiger partial charge in [-0.3, -0.25) is 4.99 Å². The lowest BCUT2D eigenvalue weighted by Gasteiger charge is -2.34. The standard InChI is InChI=1S/C16H26N4O2S2/c1-4-14-12-20(9-10-23-14)16(17-2)19-11-13-5-7-15(8-6-13)24(21,22)18-3/h5-8,14,18H,4,9-12H2,1-3H3,(H,17,19). The van der Waals surface area contributed by atoms with Crippen molar-refractivity contribution in [3.05, 3.63) is 29.8 Å². The number of nitrogens with zero attached hydrogens (tertiary/aromatic N) is 2. The molecule has 6 nitrogen and oxygen atoms in total. The molecule has 0 amide bonds. The van der Waals surface area contributed by atoms with E-state index < -0.39 is 10.0 Å². The Balaban J connectivity index is 1.96. The van der Waals surface area contributed by atoms with E-state index >= 15 is 0 Å². The van der Waals surface area contributed by atoms with Gasteiger partial charge in [-0.05, 0) is 31.2 Å². The lowest BCUT2D eigenvalue weighted by Crippen LogP contribution is -2.47. The van der Waals surface area contributed by atoms with Crippen LogP contribution in [0, 0.1) is 0 Å². The average Bonchev–Trinajstić information content (AvgIpc) is 2.63. The van der Waals surface area contributed by atoms with Gasteiger partial charge in [0.2, 0.25) is 10.0 Å². The highest BCUT2D eigenvalue weighted by Gasteiger charge is 2.21. The van der Waals surface area contributed by atoms with Gasteiger partial charge in [0, 0.05) is 37.7 Å². The van der Waals surface area contributed by atoms with E-state index in [4.69, 9.17) is 0 Å². The minimum absolute atomic E-state index is 0.275. The number of aliphatic imine (C=N–C) groups is 1. The highest BCUT2D eigenvalue weighted by molar-refractivity contribution is 8.00. The first-order valence-corrected chi connectivity index (χ1v) is 10.6. The maximum atomic E-state index is 11.7. The summed E-state index contributed by atoms with van der Waals surface area (Å²) in [6.45, 7) is 4.85. The van der Waals surface area contributed by atoms with Crippen LogP contribution in [0.4, 0.5) is 0 Å². The number of nitrogens with one attached hydrogen (secondary N) is 2. The number of hydrogen-bond donors (Lipinski definition) is 2. The highest BCUT2D eigenvalue weighted by Crippen LogP contribution is 2.21. The third-order valence-electron chi connectivity index (χ3n) is 4.06. The minimum atomic E-state index is -3.38. The molecule has 134 valence electrons. The van der Waals surface area contributed by atoms with E-state index in [2.05, 4.69) is 26.9 Å². The summed E-state index contributed by atoms with van der Waals surface area (Å²) in [5.41, 5.74) is 1.02. The molecule has 8 heteroatoms. The Bertz CT molecular complexity index is 659. The molecule has 1 heterocycles. The van der Waals surface area contributed by atoms with Crippen LogP contribution in [-0.4, -0.2) is 57.5 Å². The second-order valence-corrected chi connectivity index (χ2v) is 8.89. The molecule has 1 aromatic rings. The van der Waals surface area contributed by atoms with E-state index in [-0.39, 0.29) is 4.90 Å². The van der Waals surface area contributed by atoms with Crippen LogP contribution in [0.2, 0.25) is 0 Å². The Labute approximate surface area is 149 Å². The zero-order valence-electron chi connectivity index (χ0n) is 14.4. The lowest BCUT2D eigenvalue weighted by atomic mass is 10.2. The molecule has 1 atom stereocenters. The lowest BCUT2D eigenvalue weighted by molar-refractivity contribution is 0.408. The van der Waals surface area contributed by atoms with Gasteiger partial charge in [-0.25, -0.2) is 13.1 Å². The van der Waals surface area contributed by atoms with Crippen LogP contribution in [0.1, 0.15) is 18.9 Å². The predicted molar refractivity (Wildman–Crippen MR) is 101 cm³/mol. The van der Waals surface area contributed by atoms with Gasteiger partial charge in [0.05, 0.1) is 4.90 Å². The normalized spacial score (nSPS) is 19.4. The smallest absolute Gasteiger partial charge is 0.240 e. The monoisotopic (exact) mass is 370 g/mol. The summed E-state index contributed by atoms with van der Waals surface area (Å²) in [5, 5.41) is 4.03. The van der Waals surface area contributed by atoms with Gasteiger partial charge in [-0.2, -0.15) is 11.8 Å². The zero-order valence-corrected chi connectivity index (χ0v) is 16.1. The van der Waals surface area contributed by atoms with E-state index in [9.17, 15) is 8.42 Å². The SMILES string of the molecule is CCC1CN(C(=NC)NCc2ccc(S(=O)(=O)NC)cc2)CCS1. The quantitative estimate of drug-likeness (QED) is 0.607. The molecular formula is C16H26N4O2S2. The van der Waals surface area contributed by atoms with Crippen molar-refractivity contribution in [1.29, 1.82) is 0 Å². The molecule has 0 saturated carbocycles. The van der Waals surface area contributed by atoms with Crippen molar-refractivity contribution in [3.63, 3.8) is 0 Å². The summed E-state index contributed by atoms with van der Waals surface area (Å²) < 4.78 is 25.8. The maximum Gasteiger partial charge on any atom is 0.240 e.